The number of aromatic amines is 2. The van der Waals surface area contributed by atoms with Crippen molar-refractivity contribution in [1.29, 1.82) is 0 Å². The van der Waals surface area contributed by atoms with Gasteiger partial charge in [-0.25, -0.2) is 9.18 Å². The molecule has 2 aromatic carbocycles. The third-order valence-corrected chi connectivity index (χ3v) is 3.51. The molecule has 0 saturated carbocycles. The summed E-state index contributed by atoms with van der Waals surface area (Å²) in [5, 5.41) is 2.85. The number of carbonyl (C=O) groups excluding carboxylic acids is 1. The van der Waals surface area contributed by atoms with Crippen LogP contribution in [0.4, 0.5) is 10.1 Å². The second-order valence-electron chi connectivity index (χ2n) is 4.80. The Balaban J connectivity index is 1.78. The van der Waals surface area contributed by atoms with Gasteiger partial charge in [0.1, 0.15) is 5.82 Å². The zero-order valence-electron chi connectivity index (χ0n) is 11.7. The van der Waals surface area contributed by atoms with E-state index in [0.717, 1.165) is 0 Å². The van der Waals surface area contributed by atoms with E-state index in [9.17, 15) is 14.0 Å². The van der Waals surface area contributed by atoms with Gasteiger partial charge in [-0.1, -0.05) is 17.7 Å². The average Bonchev–Trinajstić information content (AvgIpc) is 2.86. The van der Waals surface area contributed by atoms with Crippen LogP contribution in [0, 0.1) is 5.82 Å². The minimum absolute atomic E-state index is 0.148. The fourth-order valence-electron chi connectivity index (χ4n) is 2.12. The van der Waals surface area contributed by atoms with Crippen molar-refractivity contribution in [2.75, 3.05) is 5.32 Å². The third kappa shape index (κ3) is 3.32. The summed E-state index contributed by atoms with van der Waals surface area (Å²) < 4.78 is 13.6. The number of hydrogen-bond acceptors (Lipinski definition) is 2. The molecule has 116 valence electrons. The van der Waals surface area contributed by atoms with Crippen LogP contribution < -0.4 is 11.0 Å². The molecule has 3 rings (SSSR count). The fourth-order valence-corrected chi connectivity index (χ4v) is 2.35. The zero-order valence-corrected chi connectivity index (χ0v) is 12.4. The molecular formula is C16H11ClFN3O2. The van der Waals surface area contributed by atoms with Crippen LogP contribution in [0.25, 0.3) is 17.1 Å². The molecule has 7 heteroatoms. The molecule has 0 aliphatic rings. The number of fused-ring (bicyclic) bond motifs is 1. The van der Waals surface area contributed by atoms with Gasteiger partial charge in [-0.2, -0.15) is 0 Å². The van der Waals surface area contributed by atoms with Crippen LogP contribution in [0.15, 0.2) is 47.3 Å². The van der Waals surface area contributed by atoms with Crippen LogP contribution >= 0.6 is 11.6 Å². The first kappa shape index (κ1) is 15.1. The van der Waals surface area contributed by atoms with Crippen LogP contribution in [0.3, 0.4) is 0 Å². The van der Waals surface area contributed by atoms with Crippen molar-refractivity contribution < 1.29 is 9.18 Å². The molecule has 5 nitrogen and oxygen atoms in total. The van der Waals surface area contributed by atoms with Crippen molar-refractivity contribution in [3.05, 3.63) is 69.4 Å². The van der Waals surface area contributed by atoms with E-state index in [1.54, 1.807) is 24.3 Å². The Bertz CT molecular complexity index is 955. The van der Waals surface area contributed by atoms with Gasteiger partial charge in [0, 0.05) is 17.3 Å². The van der Waals surface area contributed by atoms with Crippen LogP contribution in [0.2, 0.25) is 5.02 Å². The Hall–Kier alpha value is -2.86. The van der Waals surface area contributed by atoms with E-state index >= 15 is 0 Å². The quantitative estimate of drug-likeness (QED) is 0.644. The highest BCUT2D eigenvalue weighted by molar-refractivity contribution is 6.32. The van der Waals surface area contributed by atoms with Crippen molar-refractivity contribution >= 4 is 40.3 Å². The lowest BCUT2D eigenvalue weighted by Gasteiger charge is -2.03. The van der Waals surface area contributed by atoms with Gasteiger partial charge in [-0.3, -0.25) is 4.79 Å². The van der Waals surface area contributed by atoms with Gasteiger partial charge in [0.2, 0.25) is 5.91 Å². The van der Waals surface area contributed by atoms with Crippen LogP contribution in [-0.4, -0.2) is 15.9 Å². The number of hydrogen-bond donors (Lipinski definition) is 3. The molecule has 0 fully saturated rings. The largest absolute Gasteiger partial charge is 0.323 e. The summed E-state index contributed by atoms with van der Waals surface area (Å²) in [6, 6.07) is 9.23. The van der Waals surface area contributed by atoms with E-state index in [2.05, 4.69) is 15.3 Å². The first-order valence-electron chi connectivity index (χ1n) is 6.68. The maximum Gasteiger partial charge on any atom is 0.323 e. The maximum atomic E-state index is 13.6. The van der Waals surface area contributed by atoms with E-state index in [4.69, 9.17) is 11.6 Å². The molecule has 3 N–H and O–H groups in total. The number of halogens is 2. The Morgan fingerprint density at radius 1 is 1.17 bits per heavy atom. The number of amides is 1. The van der Waals surface area contributed by atoms with Crippen molar-refractivity contribution in [3.63, 3.8) is 0 Å². The van der Waals surface area contributed by atoms with Gasteiger partial charge >= 0.3 is 5.69 Å². The number of anilines is 1. The summed E-state index contributed by atoms with van der Waals surface area (Å²) in [5.41, 5.74) is 1.55. The molecule has 0 aliphatic carbocycles. The van der Waals surface area contributed by atoms with Crippen LogP contribution in [0.5, 0.6) is 0 Å². The lowest BCUT2D eigenvalue weighted by atomic mass is 10.2. The molecule has 0 bridgehead atoms. The molecule has 0 radical (unpaired) electrons. The zero-order chi connectivity index (χ0) is 16.4. The molecule has 0 saturated heterocycles. The molecule has 1 amide bonds. The number of imidazole rings is 1. The molecule has 0 spiro atoms. The van der Waals surface area contributed by atoms with Gasteiger partial charge < -0.3 is 15.3 Å². The lowest BCUT2D eigenvalue weighted by molar-refractivity contribution is -0.111. The predicted molar refractivity (Wildman–Crippen MR) is 88.0 cm³/mol. The molecule has 3 aromatic rings. The third-order valence-electron chi connectivity index (χ3n) is 3.18. The monoisotopic (exact) mass is 331 g/mol. The van der Waals surface area contributed by atoms with Gasteiger partial charge in [-0.15, -0.1) is 0 Å². The Labute approximate surface area is 134 Å². The summed E-state index contributed by atoms with van der Waals surface area (Å²) in [6.45, 7) is 0. The standard InChI is InChI=1S/C16H11ClFN3O2/c17-11-2-1-3-12(18)10(11)5-7-15(22)19-9-4-6-13-14(8-9)21-16(23)20-13/h1-8H,(H,19,22)(H2,20,21,23)/b7-5+. The van der Waals surface area contributed by atoms with Gasteiger partial charge in [-0.05, 0) is 36.4 Å². The Morgan fingerprint density at radius 2 is 1.96 bits per heavy atom. The topological polar surface area (TPSA) is 77.8 Å². The highest BCUT2D eigenvalue weighted by Gasteiger charge is 2.05. The average molecular weight is 332 g/mol. The molecule has 1 heterocycles. The van der Waals surface area contributed by atoms with E-state index in [1.807, 2.05) is 0 Å². The maximum absolute atomic E-state index is 13.6. The van der Waals surface area contributed by atoms with E-state index in [-0.39, 0.29) is 16.3 Å². The summed E-state index contributed by atoms with van der Waals surface area (Å²) in [4.78, 5) is 28.3. The summed E-state index contributed by atoms with van der Waals surface area (Å²) in [7, 11) is 0. The predicted octanol–water partition coefficient (Wildman–Crippen LogP) is 3.30. The van der Waals surface area contributed by atoms with E-state index < -0.39 is 11.7 Å². The summed E-state index contributed by atoms with van der Waals surface area (Å²) in [5.74, 6) is -0.950. The molecule has 0 unspecified atom stereocenters. The Kier molecular flexibility index (Phi) is 3.99. The summed E-state index contributed by atoms with van der Waals surface area (Å²) in [6.07, 6.45) is 2.50. The first-order chi connectivity index (χ1) is 11.0. The smallest absolute Gasteiger partial charge is 0.322 e. The van der Waals surface area contributed by atoms with Gasteiger partial charge in [0.25, 0.3) is 0 Å². The number of benzene rings is 2. The minimum Gasteiger partial charge on any atom is -0.322 e. The second-order valence-corrected chi connectivity index (χ2v) is 5.20. The number of H-pyrrole nitrogens is 2. The van der Waals surface area contributed by atoms with Gasteiger partial charge in [0.05, 0.1) is 16.1 Å². The second kappa shape index (κ2) is 6.10. The van der Waals surface area contributed by atoms with Crippen molar-refractivity contribution in [2.45, 2.75) is 0 Å². The van der Waals surface area contributed by atoms with Crippen molar-refractivity contribution in [3.8, 4) is 0 Å². The lowest BCUT2D eigenvalue weighted by Crippen LogP contribution is -2.07. The van der Waals surface area contributed by atoms with Gasteiger partial charge in [0.15, 0.2) is 0 Å². The number of nitrogens with one attached hydrogen (secondary N) is 3. The highest BCUT2D eigenvalue weighted by atomic mass is 35.5. The van der Waals surface area contributed by atoms with Crippen LogP contribution in [-0.2, 0) is 4.79 Å². The number of carbonyl (C=O) groups is 1. The molecule has 23 heavy (non-hydrogen) atoms. The fraction of sp³-hybridized carbons (Fsp3) is 0. The number of rotatable bonds is 3. The molecular weight excluding hydrogens is 321 g/mol. The number of aromatic nitrogens is 2. The van der Waals surface area contributed by atoms with Crippen molar-refractivity contribution in [2.24, 2.45) is 0 Å². The van der Waals surface area contributed by atoms with E-state index in [1.165, 1.54) is 24.3 Å². The molecule has 0 atom stereocenters. The van der Waals surface area contributed by atoms with Crippen LogP contribution in [0.1, 0.15) is 5.56 Å². The summed E-state index contributed by atoms with van der Waals surface area (Å²) >= 11 is 5.88. The van der Waals surface area contributed by atoms with Crippen molar-refractivity contribution in [1.82, 2.24) is 9.97 Å². The van der Waals surface area contributed by atoms with E-state index in [0.29, 0.717) is 16.7 Å². The Morgan fingerprint density at radius 3 is 2.74 bits per heavy atom. The highest BCUT2D eigenvalue weighted by Crippen LogP contribution is 2.20. The molecule has 0 aliphatic heterocycles. The minimum atomic E-state index is -0.507. The first-order valence-corrected chi connectivity index (χ1v) is 7.06. The molecule has 1 aromatic heterocycles. The SMILES string of the molecule is O=C(/C=C/c1c(F)cccc1Cl)Nc1ccc2[nH]c(=O)[nH]c2c1. The normalized spacial score (nSPS) is 11.2.